The third-order valence-electron chi connectivity index (χ3n) is 10.4. The molecule has 3 heterocycles. The summed E-state index contributed by atoms with van der Waals surface area (Å²) in [5.74, 6) is -2.35. The molecule has 2 aliphatic rings. The molecular weight excluding hydrogens is 864 g/mol. The Labute approximate surface area is 367 Å². The summed E-state index contributed by atoms with van der Waals surface area (Å²) in [6, 6.07) is 14.7. The third kappa shape index (κ3) is 9.79. The molecule has 5 atom stereocenters. The summed E-state index contributed by atoms with van der Waals surface area (Å²) in [6.07, 6.45) is -0.432. The first kappa shape index (κ1) is 45.7. The Bertz CT molecular complexity index is 2560. The van der Waals surface area contributed by atoms with E-state index in [4.69, 9.17) is 30.8 Å². The summed E-state index contributed by atoms with van der Waals surface area (Å²) in [7, 11) is -3.16. The van der Waals surface area contributed by atoms with Crippen molar-refractivity contribution in [3.63, 3.8) is 0 Å². The standard InChI is InChI=1S/C42H47ClN6O11S2/c1-9-24-21-42(24,38(52)47-62(56,57)33-20-30(49(54)55)35(43)61-33)46-36(50)31-18-26(22-48(31)37(51)34(40(2,3)4)45-39(53)60-41(5,6)7)59-32-19-28(23-13-11-10-12-14-23)44-29-17-25(58-8)15-16-27(29)32/h9-17,19-20,24,26,31,34H,1,18,21-22H2,2-8H3,(H,45,53)(H,46,50)(H,47,52)/t24?,26-,31+,34-,42-/m1/s1. The number of pyridine rings is 1. The zero-order chi connectivity index (χ0) is 45.5. The lowest BCUT2D eigenvalue weighted by Crippen LogP contribution is -2.60. The maximum absolute atomic E-state index is 14.7. The number of nitrogens with zero attached hydrogens (tertiary/aromatic N) is 3. The number of sulfonamides is 1. The smallest absolute Gasteiger partial charge is 0.408 e. The lowest BCUT2D eigenvalue weighted by molar-refractivity contribution is -0.384. The maximum Gasteiger partial charge on any atom is 0.408 e. The van der Waals surface area contributed by atoms with Gasteiger partial charge in [0, 0.05) is 41.5 Å². The molecule has 330 valence electrons. The molecule has 0 radical (unpaired) electrons. The van der Waals surface area contributed by atoms with Crippen molar-refractivity contribution in [1.82, 2.24) is 25.2 Å². The average molecular weight is 911 g/mol. The van der Waals surface area contributed by atoms with Crippen molar-refractivity contribution in [2.24, 2.45) is 11.3 Å². The SMILES string of the molecule is C=CC1C[C@]1(NC(=O)[C@@H]1C[C@@H](Oc2cc(-c3ccccc3)nc3cc(OC)ccc23)CN1C(=O)[C@@H](NC(=O)OC(C)(C)C)C(C)(C)C)C(=O)NS(=O)(=O)c1cc([N+](=O)[O-])c(Cl)s1. The number of thiophene rings is 1. The molecule has 0 spiro atoms. The number of likely N-dealkylation sites (tertiary alicyclic amines) is 1. The highest BCUT2D eigenvalue weighted by Crippen LogP contribution is 2.46. The molecule has 3 N–H and O–H groups in total. The van der Waals surface area contributed by atoms with Crippen LogP contribution >= 0.6 is 22.9 Å². The van der Waals surface area contributed by atoms with E-state index >= 15 is 0 Å². The van der Waals surface area contributed by atoms with E-state index in [9.17, 15) is 37.7 Å². The first-order chi connectivity index (χ1) is 29.0. The van der Waals surface area contributed by atoms with Crippen LogP contribution < -0.4 is 24.8 Å². The minimum absolute atomic E-state index is 0.0465. The summed E-state index contributed by atoms with van der Waals surface area (Å²) in [5.41, 5.74) is -2.33. The number of alkyl carbamates (subject to hydrolysis) is 1. The van der Waals surface area contributed by atoms with Gasteiger partial charge in [0.05, 0.1) is 29.8 Å². The lowest BCUT2D eigenvalue weighted by atomic mass is 9.85. The maximum atomic E-state index is 14.7. The molecule has 2 aromatic heterocycles. The number of aromatic nitrogens is 1. The predicted octanol–water partition coefficient (Wildman–Crippen LogP) is 6.39. The fourth-order valence-corrected chi connectivity index (χ4v) is 9.85. The number of halogens is 1. The summed E-state index contributed by atoms with van der Waals surface area (Å²) < 4.78 is 45.2. The Hall–Kier alpha value is -5.79. The quantitative estimate of drug-likeness (QED) is 0.0754. The molecule has 17 nitrogen and oxygen atoms in total. The lowest BCUT2D eigenvalue weighted by Gasteiger charge is -2.36. The molecule has 1 saturated carbocycles. The van der Waals surface area contributed by atoms with Crippen LogP contribution in [-0.4, -0.2) is 90.0 Å². The van der Waals surface area contributed by atoms with Crippen LogP contribution in [0.4, 0.5) is 10.5 Å². The van der Waals surface area contributed by atoms with Gasteiger partial charge in [0.25, 0.3) is 21.6 Å². The molecule has 0 bridgehead atoms. The molecule has 6 rings (SSSR count). The Morgan fingerprint density at radius 1 is 1.08 bits per heavy atom. The highest BCUT2D eigenvalue weighted by atomic mass is 35.5. The molecular formula is C42H47ClN6O11S2. The Morgan fingerprint density at radius 3 is 2.35 bits per heavy atom. The van der Waals surface area contributed by atoms with Crippen molar-refractivity contribution in [3.8, 4) is 22.8 Å². The van der Waals surface area contributed by atoms with E-state index in [1.54, 1.807) is 65.8 Å². The largest absolute Gasteiger partial charge is 0.497 e. The van der Waals surface area contributed by atoms with Gasteiger partial charge in [0.2, 0.25) is 11.8 Å². The number of rotatable bonds is 13. The fraction of sp³-hybridized carbons (Fsp3) is 0.405. The second-order valence-electron chi connectivity index (χ2n) is 17.1. The van der Waals surface area contributed by atoms with E-state index in [-0.39, 0.29) is 19.4 Å². The number of carbonyl (C=O) groups excluding carboxylic acids is 4. The number of hydrogen-bond acceptors (Lipinski definition) is 13. The predicted molar refractivity (Wildman–Crippen MR) is 231 cm³/mol. The molecule has 2 aromatic carbocycles. The normalized spacial score (nSPS) is 20.5. The van der Waals surface area contributed by atoms with Gasteiger partial charge in [-0.3, -0.25) is 24.5 Å². The number of methoxy groups -OCH3 is 1. The number of benzene rings is 2. The molecule has 1 aliphatic carbocycles. The molecule has 2 fully saturated rings. The van der Waals surface area contributed by atoms with Crippen molar-refractivity contribution in [2.45, 2.75) is 87.9 Å². The minimum Gasteiger partial charge on any atom is -0.497 e. The number of carbonyl (C=O) groups is 4. The van der Waals surface area contributed by atoms with Gasteiger partial charge >= 0.3 is 6.09 Å². The van der Waals surface area contributed by atoms with Crippen LogP contribution in [0.1, 0.15) is 54.4 Å². The van der Waals surface area contributed by atoms with Gasteiger partial charge < -0.3 is 29.7 Å². The van der Waals surface area contributed by atoms with Crippen LogP contribution in [0.15, 0.2) is 77.5 Å². The first-order valence-corrected chi connectivity index (χ1v) is 22.1. The van der Waals surface area contributed by atoms with Gasteiger partial charge in [0.15, 0.2) is 4.34 Å². The fourth-order valence-electron chi connectivity index (χ4n) is 7.15. The van der Waals surface area contributed by atoms with Crippen LogP contribution in [0.3, 0.4) is 0 Å². The molecule has 1 unspecified atom stereocenters. The van der Waals surface area contributed by atoms with Gasteiger partial charge in [-0.1, -0.05) is 68.8 Å². The van der Waals surface area contributed by atoms with Crippen LogP contribution in [-0.2, 0) is 29.1 Å². The van der Waals surface area contributed by atoms with Crippen molar-refractivity contribution in [1.29, 1.82) is 0 Å². The number of nitro groups is 1. The first-order valence-electron chi connectivity index (χ1n) is 19.4. The Morgan fingerprint density at radius 2 is 1.77 bits per heavy atom. The van der Waals surface area contributed by atoms with Crippen LogP contribution in [0.2, 0.25) is 4.34 Å². The van der Waals surface area contributed by atoms with E-state index in [1.165, 1.54) is 18.1 Å². The van der Waals surface area contributed by atoms with Crippen LogP contribution in [0, 0.1) is 21.4 Å². The zero-order valence-electron chi connectivity index (χ0n) is 35.0. The summed E-state index contributed by atoms with van der Waals surface area (Å²) in [5, 5.41) is 17.4. The molecule has 62 heavy (non-hydrogen) atoms. The van der Waals surface area contributed by atoms with Crippen LogP contribution in [0.5, 0.6) is 11.5 Å². The Kier molecular flexibility index (Phi) is 12.7. The zero-order valence-corrected chi connectivity index (χ0v) is 37.4. The number of ether oxygens (including phenoxy) is 3. The van der Waals surface area contributed by atoms with Gasteiger partial charge in [0.1, 0.15) is 45.0 Å². The molecule has 4 aromatic rings. The van der Waals surface area contributed by atoms with E-state index in [1.807, 2.05) is 35.1 Å². The van der Waals surface area contributed by atoms with Crippen molar-refractivity contribution in [2.75, 3.05) is 13.7 Å². The number of amides is 4. The van der Waals surface area contributed by atoms with Gasteiger partial charge in [-0.15, -0.1) is 17.9 Å². The summed E-state index contributed by atoms with van der Waals surface area (Å²) >= 11 is 6.29. The van der Waals surface area contributed by atoms with E-state index in [2.05, 4.69) is 17.2 Å². The molecule has 4 amide bonds. The highest BCUT2D eigenvalue weighted by Gasteiger charge is 2.61. The summed E-state index contributed by atoms with van der Waals surface area (Å²) in [6.45, 7) is 13.8. The second-order valence-corrected chi connectivity index (χ2v) is 20.7. The highest BCUT2D eigenvalue weighted by molar-refractivity contribution is 7.92. The third-order valence-corrected chi connectivity index (χ3v) is 13.5. The molecule has 20 heteroatoms. The van der Waals surface area contributed by atoms with E-state index < -0.39 is 93.7 Å². The number of hydrogen-bond donors (Lipinski definition) is 3. The van der Waals surface area contributed by atoms with Gasteiger partial charge in [-0.05, 0) is 44.7 Å². The van der Waals surface area contributed by atoms with Crippen LogP contribution in [0.25, 0.3) is 22.2 Å². The molecule has 1 aliphatic heterocycles. The van der Waals surface area contributed by atoms with Gasteiger partial charge in [-0.25, -0.2) is 22.9 Å². The summed E-state index contributed by atoms with van der Waals surface area (Å²) in [4.78, 5) is 73.0. The average Bonchev–Trinajstić information content (AvgIpc) is 3.49. The number of fused-ring (bicyclic) bond motifs is 1. The monoisotopic (exact) mass is 910 g/mol. The second kappa shape index (κ2) is 17.2. The molecule has 1 saturated heterocycles. The van der Waals surface area contributed by atoms with E-state index in [0.717, 1.165) is 11.6 Å². The van der Waals surface area contributed by atoms with Crippen molar-refractivity contribution in [3.05, 3.63) is 87.8 Å². The topological polar surface area (TPSA) is 225 Å². The van der Waals surface area contributed by atoms with Crippen molar-refractivity contribution >= 4 is 73.4 Å². The minimum atomic E-state index is -4.70. The van der Waals surface area contributed by atoms with Gasteiger partial charge in [-0.2, -0.15) is 0 Å². The Balaban J connectivity index is 1.35. The van der Waals surface area contributed by atoms with Crippen molar-refractivity contribution < 1.29 is 46.7 Å². The van der Waals surface area contributed by atoms with E-state index in [0.29, 0.717) is 39.4 Å². The number of nitrogens with one attached hydrogen (secondary N) is 3.